The fourth-order valence-electron chi connectivity index (χ4n) is 2.79. The number of carbonyl (C=O) groups excluding carboxylic acids is 2. The lowest BCUT2D eigenvalue weighted by Gasteiger charge is -2.32. The molecule has 1 fully saturated rings. The molecule has 0 aliphatic carbocycles. The van der Waals surface area contributed by atoms with E-state index >= 15 is 0 Å². The molecular formula is C18H25FN2O4. The van der Waals surface area contributed by atoms with Gasteiger partial charge < -0.3 is 19.7 Å². The Morgan fingerprint density at radius 2 is 2.00 bits per heavy atom. The first-order valence-electron chi connectivity index (χ1n) is 8.51. The molecule has 138 valence electrons. The normalized spacial score (nSPS) is 17.4. The number of nitrogens with one attached hydrogen (secondary N) is 1. The van der Waals surface area contributed by atoms with Gasteiger partial charge in [-0.1, -0.05) is 0 Å². The number of nitrogens with zero attached hydrogens (tertiary/aromatic N) is 1. The van der Waals surface area contributed by atoms with Gasteiger partial charge in [0.25, 0.3) is 5.91 Å². The van der Waals surface area contributed by atoms with Crippen molar-refractivity contribution in [2.24, 2.45) is 5.92 Å². The van der Waals surface area contributed by atoms with Crippen molar-refractivity contribution in [2.45, 2.75) is 12.8 Å². The number of piperidine rings is 1. The van der Waals surface area contributed by atoms with Crippen LogP contribution in [-0.4, -0.2) is 63.3 Å². The van der Waals surface area contributed by atoms with Crippen molar-refractivity contribution in [1.82, 2.24) is 10.2 Å². The Kier molecular flexibility index (Phi) is 7.81. The molecule has 1 saturated heterocycles. The summed E-state index contributed by atoms with van der Waals surface area (Å²) in [6.07, 6.45) is 1.53. The molecule has 1 aliphatic heterocycles. The molecule has 0 saturated carbocycles. The molecule has 0 aromatic heterocycles. The Balaban J connectivity index is 1.78. The Labute approximate surface area is 147 Å². The topological polar surface area (TPSA) is 67.9 Å². The minimum absolute atomic E-state index is 0.0630. The summed E-state index contributed by atoms with van der Waals surface area (Å²) in [5.74, 6) is -0.829. The quantitative estimate of drug-likeness (QED) is 0.719. The highest BCUT2D eigenvalue weighted by Crippen LogP contribution is 2.19. The summed E-state index contributed by atoms with van der Waals surface area (Å²) >= 11 is 0. The first-order valence-corrected chi connectivity index (χ1v) is 8.51. The highest BCUT2D eigenvalue weighted by atomic mass is 19.1. The van der Waals surface area contributed by atoms with Crippen molar-refractivity contribution >= 4 is 11.8 Å². The summed E-state index contributed by atoms with van der Waals surface area (Å²) in [7, 11) is 1.60. The average Bonchev–Trinajstić information content (AvgIpc) is 2.64. The van der Waals surface area contributed by atoms with Gasteiger partial charge in [-0.3, -0.25) is 9.59 Å². The van der Waals surface area contributed by atoms with Gasteiger partial charge in [0.15, 0.2) is 0 Å². The third kappa shape index (κ3) is 6.10. The Morgan fingerprint density at radius 1 is 1.24 bits per heavy atom. The molecule has 2 amide bonds. The van der Waals surface area contributed by atoms with Crippen molar-refractivity contribution < 1.29 is 23.5 Å². The number of halogens is 1. The molecule has 1 N–H and O–H groups in total. The van der Waals surface area contributed by atoms with Gasteiger partial charge in [-0.15, -0.1) is 0 Å². The molecule has 1 atom stereocenters. The zero-order valence-corrected chi connectivity index (χ0v) is 14.5. The number of rotatable bonds is 8. The van der Waals surface area contributed by atoms with E-state index in [4.69, 9.17) is 9.47 Å². The van der Waals surface area contributed by atoms with Crippen molar-refractivity contribution in [3.05, 3.63) is 35.6 Å². The van der Waals surface area contributed by atoms with Crippen LogP contribution in [-0.2, 0) is 14.3 Å². The maximum absolute atomic E-state index is 13.0. The number of carbonyl (C=O) groups is 2. The molecule has 0 bridgehead atoms. The van der Waals surface area contributed by atoms with Gasteiger partial charge in [0, 0.05) is 32.3 Å². The summed E-state index contributed by atoms with van der Waals surface area (Å²) in [5, 5.41) is 2.84. The second-order valence-electron chi connectivity index (χ2n) is 5.99. The molecule has 1 aliphatic rings. The van der Waals surface area contributed by atoms with Crippen LogP contribution in [0.15, 0.2) is 24.3 Å². The molecule has 1 unspecified atom stereocenters. The van der Waals surface area contributed by atoms with E-state index in [9.17, 15) is 14.0 Å². The maximum atomic E-state index is 13.0. The van der Waals surface area contributed by atoms with E-state index in [2.05, 4.69) is 5.32 Å². The molecule has 1 aromatic carbocycles. The molecule has 0 spiro atoms. The molecule has 6 nitrogen and oxygen atoms in total. The largest absolute Gasteiger partial charge is 0.382 e. The fourth-order valence-corrected chi connectivity index (χ4v) is 2.79. The minimum Gasteiger partial charge on any atom is -0.382 e. The van der Waals surface area contributed by atoms with Crippen LogP contribution in [0.2, 0.25) is 0 Å². The Bertz CT molecular complexity index is 565. The zero-order chi connectivity index (χ0) is 18.1. The Hall–Kier alpha value is -1.99. The summed E-state index contributed by atoms with van der Waals surface area (Å²) in [6.45, 7) is 2.88. The standard InChI is InChI=1S/C18H25FN2O4/c1-24-11-12-25-10-8-20-17(22)15-3-2-9-21(13-15)18(23)14-4-6-16(19)7-5-14/h4-7,15H,2-3,8-13H2,1H3,(H,20,22). The van der Waals surface area contributed by atoms with Gasteiger partial charge >= 0.3 is 0 Å². The van der Waals surface area contributed by atoms with E-state index in [0.29, 0.717) is 45.0 Å². The van der Waals surface area contributed by atoms with Crippen LogP contribution in [0.5, 0.6) is 0 Å². The molecular weight excluding hydrogens is 327 g/mol. The van der Waals surface area contributed by atoms with Gasteiger partial charge in [0.2, 0.25) is 5.91 Å². The van der Waals surface area contributed by atoms with Crippen LogP contribution >= 0.6 is 0 Å². The van der Waals surface area contributed by atoms with Crippen LogP contribution in [0.4, 0.5) is 4.39 Å². The van der Waals surface area contributed by atoms with Crippen LogP contribution in [0, 0.1) is 11.7 Å². The number of likely N-dealkylation sites (tertiary alicyclic amines) is 1. The lowest BCUT2D eigenvalue weighted by Crippen LogP contribution is -2.46. The van der Waals surface area contributed by atoms with Gasteiger partial charge in [-0.2, -0.15) is 0 Å². The van der Waals surface area contributed by atoms with E-state index in [-0.39, 0.29) is 23.5 Å². The van der Waals surface area contributed by atoms with Crippen molar-refractivity contribution in [1.29, 1.82) is 0 Å². The van der Waals surface area contributed by atoms with Crippen LogP contribution in [0.25, 0.3) is 0 Å². The summed E-state index contributed by atoms with van der Waals surface area (Å²) in [6, 6.07) is 5.48. The van der Waals surface area contributed by atoms with Crippen molar-refractivity contribution in [3.8, 4) is 0 Å². The van der Waals surface area contributed by atoms with Gasteiger partial charge in [0.05, 0.1) is 25.7 Å². The van der Waals surface area contributed by atoms with Gasteiger partial charge in [-0.05, 0) is 37.1 Å². The minimum atomic E-state index is -0.375. The van der Waals surface area contributed by atoms with Gasteiger partial charge in [0.1, 0.15) is 5.82 Å². The lowest BCUT2D eigenvalue weighted by molar-refractivity contribution is -0.126. The summed E-state index contributed by atoms with van der Waals surface area (Å²) < 4.78 is 23.2. The number of ether oxygens (including phenoxy) is 2. The van der Waals surface area contributed by atoms with Crippen LogP contribution < -0.4 is 5.32 Å². The maximum Gasteiger partial charge on any atom is 0.253 e. The number of amides is 2. The second-order valence-corrected chi connectivity index (χ2v) is 5.99. The van der Waals surface area contributed by atoms with Crippen molar-refractivity contribution in [2.75, 3.05) is 46.6 Å². The Morgan fingerprint density at radius 3 is 2.72 bits per heavy atom. The molecule has 7 heteroatoms. The van der Waals surface area contributed by atoms with Gasteiger partial charge in [-0.25, -0.2) is 4.39 Å². The smallest absolute Gasteiger partial charge is 0.253 e. The third-order valence-electron chi connectivity index (χ3n) is 4.15. The first kappa shape index (κ1) is 19.3. The van der Waals surface area contributed by atoms with E-state index in [1.54, 1.807) is 12.0 Å². The average molecular weight is 352 g/mol. The number of hydrogen-bond donors (Lipinski definition) is 1. The van der Waals surface area contributed by atoms with E-state index in [0.717, 1.165) is 12.8 Å². The summed E-state index contributed by atoms with van der Waals surface area (Å²) in [4.78, 5) is 26.4. The van der Waals surface area contributed by atoms with Crippen molar-refractivity contribution in [3.63, 3.8) is 0 Å². The fraction of sp³-hybridized carbons (Fsp3) is 0.556. The highest BCUT2D eigenvalue weighted by Gasteiger charge is 2.28. The van der Waals surface area contributed by atoms with Crippen LogP contribution in [0.1, 0.15) is 23.2 Å². The highest BCUT2D eigenvalue weighted by molar-refractivity contribution is 5.94. The summed E-state index contributed by atoms with van der Waals surface area (Å²) in [5.41, 5.74) is 0.439. The number of methoxy groups -OCH3 is 1. The van der Waals surface area contributed by atoms with Crippen LogP contribution in [0.3, 0.4) is 0 Å². The van der Waals surface area contributed by atoms with E-state index in [1.807, 2.05) is 0 Å². The molecule has 2 rings (SSSR count). The van der Waals surface area contributed by atoms with E-state index < -0.39 is 0 Å². The molecule has 1 heterocycles. The number of hydrogen-bond acceptors (Lipinski definition) is 4. The molecule has 0 radical (unpaired) electrons. The second kappa shape index (κ2) is 10.1. The van der Waals surface area contributed by atoms with E-state index in [1.165, 1.54) is 24.3 Å². The monoisotopic (exact) mass is 352 g/mol. The molecule has 25 heavy (non-hydrogen) atoms. The third-order valence-corrected chi connectivity index (χ3v) is 4.15. The number of benzene rings is 1. The predicted molar refractivity (Wildman–Crippen MR) is 90.7 cm³/mol. The SMILES string of the molecule is COCCOCCNC(=O)C1CCCN(C(=O)c2ccc(F)cc2)C1. The lowest BCUT2D eigenvalue weighted by atomic mass is 9.96. The zero-order valence-electron chi connectivity index (χ0n) is 14.5. The molecule has 1 aromatic rings. The first-order chi connectivity index (χ1) is 12.1. The predicted octanol–water partition coefficient (Wildman–Crippen LogP) is 1.46.